The number of carbonyl (C=O) groups is 1. The maximum absolute atomic E-state index is 14.6. The van der Waals surface area contributed by atoms with Gasteiger partial charge in [0.25, 0.3) is 5.56 Å². The molecule has 1 amide bonds. The Hall–Kier alpha value is -3.73. The van der Waals surface area contributed by atoms with Crippen molar-refractivity contribution in [3.8, 4) is 11.8 Å². The average Bonchev–Trinajstić information content (AvgIpc) is 2.68. The van der Waals surface area contributed by atoms with Crippen molar-refractivity contribution in [1.29, 1.82) is 5.26 Å². The number of ether oxygens (including phenoxy) is 1. The number of hydrogen-bond acceptors (Lipinski definition) is 5. The van der Waals surface area contributed by atoms with E-state index in [0.717, 1.165) is 0 Å². The predicted molar refractivity (Wildman–Crippen MR) is 115 cm³/mol. The van der Waals surface area contributed by atoms with Crippen LogP contribution in [0.5, 0.6) is 0 Å². The fourth-order valence-corrected chi connectivity index (χ4v) is 3.20. The molecule has 0 saturated heterocycles. The predicted octanol–water partition coefficient (Wildman–Crippen LogP) is 4.29. The number of rotatable bonds is 3. The van der Waals surface area contributed by atoms with Crippen molar-refractivity contribution >= 4 is 17.0 Å². The van der Waals surface area contributed by atoms with Gasteiger partial charge in [-0.3, -0.25) is 9.36 Å². The molecule has 0 saturated carbocycles. The maximum atomic E-state index is 14.6. The second-order valence-corrected chi connectivity index (χ2v) is 8.23. The molecule has 0 radical (unpaired) electrons. The van der Waals surface area contributed by atoms with Crippen molar-refractivity contribution in [2.45, 2.75) is 46.3 Å². The number of alkyl carbamates (subject to hydrolysis) is 1. The highest BCUT2D eigenvalue weighted by atomic mass is 19.1. The SMILES string of the molecule is Cc1ccc(F)c2c(=O)n(-c3cccc(C#N)c3)c([C@H](C)NC(=O)OC(C)(C)C)nc12. The van der Waals surface area contributed by atoms with Gasteiger partial charge in [0.1, 0.15) is 22.6 Å². The summed E-state index contributed by atoms with van der Waals surface area (Å²) in [7, 11) is 0. The van der Waals surface area contributed by atoms with Crippen LogP contribution < -0.4 is 10.9 Å². The number of benzene rings is 2. The lowest BCUT2D eigenvalue weighted by molar-refractivity contribution is 0.0505. The largest absolute Gasteiger partial charge is 0.444 e. The lowest BCUT2D eigenvalue weighted by Crippen LogP contribution is -2.37. The lowest BCUT2D eigenvalue weighted by Gasteiger charge is -2.23. The van der Waals surface area contributed by atoms with Gasteiger partial charge < -0.3 is 10.1 Å². The highest BCUT2D eigenvalue weighted by Gasteiger charge is 2.24. The zero-order valence-electron chi connectivity index (χ0n) is 18.0. The molecule has 3 rings (SSSR count). The van der Waals surface area contributed by atoms with Crippen molar-refractivity contribution in [3.63, 3.8) is 0 Å². The summed E-state index contributed by atoms with van der Waals surface area (Å²) in [5.74, 6) is -0.505. The number of carbonyl (C=O) groups excluding carboxylic acids is 1. The van der Waals surface area contributed by atoms with E-state index in [1.807, 2.05) is 6.07 Å². The fourth-order valence-electron chi connectivity index (χ4n) is 3.20. The molecule has 1 atom stereocenters. The number of halogens is 1. The normalized spacial score (nSPS) is 12.3. The summed E-state index contributed by atoms with van der Waals surface area (Å²) < 4.78 is 21.1. The molecule has 0 fully saturated rings. The first-order valence-corrected chi connectivity index (χ1v) is 9.73. The second-order valence-electron chi connectivity index (χ2n) is 8.23. The Balaban J connectivity index is 2.26. The number of amides is 1. The minimum atomic E-state index is -0.750. The third-order valence-corrected chi connectivity index (χ3v) is 4.56. The number of hydrogen-bond donors (Lipinski definition) is 1. The number of nitrogens with one attached hydrogen (secondary N) is 1. The van der Waals surface area contributed by atoms with Crippen LogP contribution in [0.1, 0.15) is 50.7 Å². The third kappa shape index (κ3) is 4.56. The molecule has 1 heterocycles. The van der Waals surface area contributed by atoms with Crippen molar-refractivity contribution < 1.29 is 13.9 Å². The Bertz CT molecular complexity index is 1270. The van der Waals surface area contributed by atoms with Gasteiger partial charge in [0.2, 0.25) is 0 Å². The summed E-state index contributed by atoms with van der Waals surface area (Å²) in [6, 6.07) is 10.4. The molecule has 3 aromatic rings. The monoisotopic (exact) mass is 422 g/mol. The number of nitriles is 1. The summed E-state index contributed by atoms with van der Waals surface area (Å²) in [4.78, 5) is 30.3. The van der Waals surface area contributed by atoms with Crippen LogP contribution in [-0.2, 0) is 4.74 Å². The number of aromatic nitrogens is 2. The number of nitrogens with zero attached hydrogens (tertiary/aromatic N) is 3. The minimum Gasteiger partial charge on any atom is -0.444 e. The lowest BCUT2D eigenvalue weighted by atomic mass is 10.1. The highest BCUT2D eigenvalue weighted by Crippen LogP contribution is 2.23. The van der Waals surface area contributed by atoms with Crippen molar-refractivity contribution in [2.75, 3.05) is 0 Å². The minimum absolute atomic E-state index is 0.157. The molecule has 7 nitrogen and oxygen atoms in total. The molecule has 0 aliphatic carbocycles. The molecule has 1 aromatic heterocycles. The molecule has 2 aromatic carbocycles. The van der Waals surface area contributed by atoms with Crippen LogP contribution in [0.2, 0.25) is 0 Å². The first kappa shape index (κ1) is 22.0. The van der Waals surface area contributed by atoms with Crippen molar-refractivity contribution in [2.24, 2.45) is 0 Å². The van der Waals surface area contributed by atoms with Gasteiger partial charge in [-0.15, -0.1) is 0 Å². The molecule has 0 spiro atoms. The zero-order valence-corrected chi connectivity index (χ0v) is 18.0. The van der Waals surface area contributed by atoms with Crippen LogP contribution in [0.25, 0.3) is 16.6 Å². The zero-order chi connectivity index (χ0) is 22.9. The molecule has 160 valence electrons. The maximum Gasteiger partial charge on any atom is 0.408 e. The number of aryl methyl sites for hydroxylation is 1. The van der Waals surface area contributed by atoms with E-state index in [1.54, 1.807) is 58.9 Å². The Morgan fingerprint density at radius 2 is 2.00 bits per heavy atom. The van der Waals surface area contributed by atoms with Crippen LogP contribution in [0.4, 0.5) is 9.18 Å². The second kappa shape index (κ2) is 8.19. The van der Waals surface area contributed by atoms with Gasteiger partial charge in [-0.05, 0) is 64.4 Å². The summed E-state index contributed by atoms with van der Waals surface area (Å²) in [5.41, 5.74) is 0.165. The molecule has 1 N–H and O–H groups in total. The smallest absolute Gasteiger partial charge is 0.408 e. The summed E-state index contributed by atoms with van der Waals surface area (Å²) in [5, 5.41) is 11.8. The molecule has 31 heavy (non-hydrogen) atoms. The Morgan fingerprint density at radius 1 is 1.29 bits per heavy atom. The topological polar surface area (TPSA) is 97.0 Å². The first-order chi connectivity index (χ1) is 14.5. The van der Waals surface area contributed by atoms with E-state index in [4.69, 9.17) is 4.74 Å². The van der Waals surface area contributed by atoms with Gasteiger partial charge >= 0.3 is 6.09 Å². The van der Waals surface area contributed by atoms with Gasteiger partial charge in [0.15, 0.2) is 0 Å². The van der Waals surface area contributed by atoms with E-state index in [0.29, 0.717) is 16.8 Å². The Labute approximate surface area is 179 Å². The van der Waals surface area contributed by atoms with Gasteiger partial charge in [-0.2, -0.15) is 5.26 Å². The summed E-state index contributed by atoms with van der Waals surface area (Å²) in [6.45, 7) is 8.59. The molecule has 0 bridgehead atoms. The van der Waals surface area contributed by atoms with E-state index < -0.39 is 29.1 Å². The molecule has 0 aliphatic heterocycles. The summed E-state index contributed by atoms with van der Waals surface area (Å²) >= 11 is 0. The van der Waals surface area contributed by atoms with Gasteiger partial charge in [-0.25, -0.2) is 14.2 Å². The van der Waals surface area contributed by atoms with Crippen LogP contribution in [0, 0.1) is 24.1 Å². The van der Waals surface area contributed by atoms with E-state index in [1.165, 1.54) is 16.7 Å². The van der Waals surface area contributed by atoms with E-state index in [-0.39, 0.29) is 16.7 Å². The molecular formula is C23H23FN4O3. The molecule has 0 aliphatic rings. The molecular weight excluding hydrogens is 399 g/mol. The standard InChI is InChI=1S/C23H23FN4O3/c1-13-9-10-17(24)18-19(13)27-20(14(2)26-22(30)31-23(3,4)5)28(21(18)29)16-8-6-7-15(11-16)12-25/h6-11,14H,1-5H3,(H,26,30)/t14-/m0/s1. The van der Waals surface area contributed by atoms with Gasteiger partial charge in [0.05, 0.1) is 28.9 Å². The van der Waals surface area contributed by atoms with Crippen LogP contribution >= 0.6 is 0 Å². The van der Waals surface area contributed by atoms with Crippen LogP contribution in [-0.4, -0.2) is 21.2 Å². The average molecular weight is 422 g/mol. The molecule has 8 heteroatoms. The Morgan fingerprint density at radius 3 is 2.65 bits per heavy atom. The fraction of sp³-hybridized carbons (Fsp3) is 0.304. The van der Waals surface area contributed by atoms with E-state index >= 15 is 0 Å². The van der Waals surface area contributed by atoms with Crippen molar-refractivity contribution in [3.05, 3.63) is 69.5 Å². The van der Waals surface area contributed by atoms with E-state index in [9.17, 15) is 19.2 Å². The first-order valence-electron chi connectivity index (χ1n) is 9.73. The summed E-state index contributed by atoms with van der Waals surface area (Å²) in [6.07, 6.45) is -0.678. The van der Waals surface area contributed by atoms with E-state index in [2.05, 4.69) is 10.3 Å². The van der Waals surface area contributed by atoms with Crippen molar-refractivity contribution in [1.82, 2.24) is 14.9 Å². The third-order valence-electron chi connectivity index (χ3n) is 4.56. The van der Waals surface area contributed by atoms with Gasteiger partial charge in [0, 0.05) is 0 Å². The van der Waals surface area contributed by atoms with Crippen LogP contribution in [0.15, 0.2) is 41.2 Å². The highest BCUT2D eigenvalue weighted by molar-refractivity contribution is 5.82. The number of fused-ring (bicyclic) bond motifs is 1. The quantitative estimate of drug-likeness (QED) is 0.679. The Kier molecular flexibility index (Phi) is 5.80. The van der Waals surface area contributed by atoms with Gasteiger partial charge in [-0.1, -0.05) is 12.1 Å². The molecule has 0 unspecified atom stereocenters. The van der Waals surface area contributed by atoms with Crippen LogP contribution in [0.3, 0.4) is 0 Å².